The highest BCUT2D eigenvalue weighted by molar-refractivity contribution is 5.99. The van der Waals surface area contributed by atoms with Crippen molar-refractivity contribution in [3.8, 4) is 0 Å². The molecule has 6 nitrogen and oxygen atoms in total. The molecule has 2 amide bonds. The van der Waals surface area contributed by atoms with Gasteiger partial charge in [0.2, 0.25) is 5.91 Å². The van der Waals surface area contributed by atoms with E-state index in [1.54, 1.807) is 28.3 Å². The first-order valence-corrected chi connectivity index (χ1v) is 9.16. The lowest BCUT2D eigenvalue weighted by Gasteiger charge is -2.36. The summed E-state index contributed by atoms with van der Waals surface area (Å²) in [5.74, 6) is -0.925. The van der Waals surface area contributed by atoms with E-state index in [2.05, 4.69) is 10.3 Å². The number of nitrogens with zero attached hydrogens (tertiary/aromatic N) is 3. The normalized spacial score (nSPS) is 20.2. The van der Waals surface area contributed by atoms with Crippen molar-refractivity contribution in [1.29, 1.82) is 0 Å². The molecule has 140 valence electrons. The number of halogens is 1. The molecule has 2 aliphatic rings. The number of aromatic nitrogens is 1. The minimum absolute atomic E-state index is 0.00277. The van der Waals surface area contributed by atoms with Gasteiger partial charge in [0.25, 0.3) is 5.91 Å². The Hall–Kier alpha value is -2.80. The third-order valence-corrected chi connectivity index (χ3v) is 5.14. The molecule has 0 aliphatic carbocycles. The average Bonchev–Trinajstić information content (AvgIpc) is 3.14. The number of hydrogen-bond acceptors (Lipinski definition) is 4. The van der Waals surface area contributed by atoms with Crippen LogP contribution in [-0.4, -0.2) is 47.9 Å². The molecule has 1 aromatic heterocycles. The van der Waals surface area contributed by atoms with Crippen LogP contribution in [0.2, 0.25) is 0 Å². The molecule has 1 aromatic carbocycles. The zero-order valence-electron chi connectivity index (χ0n) is 14.9. The molecule has 3 heterocycles. The summed E-state index contributed by atoms with van der Waals surface area (Å²) in [4.78, 5) is 32.6. The van der Waals surface area contributed by atoms with Gasteiger partial charge in [-0.1, -0.05) is 6.07 Å². The molecule has 1 N–H and O–H groups in total. The van der Waals surface area contributed by atoms with Crippen LogP contribution in [0.3, 0.4) is 0 Å². The van der Waals surface area contributed by atoms with Crippen LogP contribution in [0.5, 0.6) is 0 Å². The maximum absolute atomic E-state index is 14.5. The third kappa shape index (κ3) is 3.42. The van der Waals surface area contributed by atoms with Gasteiger partial charge >= 0.3 is 0 Å². The number of nitrogens with one attached hydrogen (secondary N) is 1. The third-order valence-electron chi connectivity index (χ3n) is 5.14. The zero-order valence-corrected chi connectivity index (χ0v) is 14.9. The maximum atomic E-state index is 14.5. The number of piperazine rings is 1. The number of anilines is 1. The first kappa shape index (κ1) is 17.6. The molecule has 27 heavy (non-hydrogen) atoms. The molecular weight excluding hydrogens is 347 g/mol. The van der Waals surface area contributed by atoms with Gasteiger partial charge in [0.15, 0.2) is 0 Å². The van der Waals surface area contributed by atoms with Crippen LogP contribution in [0.15, 0.2) is 42.7 Å². The van der Waals surface area contributed by atoms with Crippen LogP contribution in [0.4, 0.5) is 10.1 Å². The van der Waals surface area contributed by atoms with E-state index in [9.17, 15) is 14.0 Å². The van der Waals surface area contributed by atoms with Gasteiger partial charge in [0, 0.05) is 50.7 Å². The number of pyridine rings is 1. The molecule has 2 aromatic rings. The van der Waals surface area contributed by atoms with Gasteiger partial charge in [-0.2, -0.15) is 0 Å². The first-order valence-electron chi connectivity index (χ1n) is 9.16. The van der Waals surface area contributed by atoms with Crippen LogP contribution in [0, 0.1) is 5.82 Å². The van der Waals surface area contributed by atoms with Crippen molar-refractivity contribution in [2.45, 2.75) is 18.9 Å². The fourth-order valence-corrected chi connectivity index (χ4v) is 3.74. The Bertz CT molecular complexity index is 858. The van der Waals surface area contributed by atoms with E-state index in [1.165, 1.54) is 12.1 Å². The summed E-state index contributed by atoms with van der Waals surface area (Å²) in [5.41, 5.74) is 1.49. The molecule has 1 atom stereocenters. The van der Waals surface area contributed by atoms with E-state index in [4.69, 9.17) is 0 Å². The van der Waals surface area contributed by atoms with E-state index in [-0.39, 0.29) is 23.4 Å². The van der Waals surface area contributed by atoms with Gasteiger partial charge in [-0.05, 0) is 36.2 Å². The predicted octanol–water partition coefficient (Wildman–Crippen LogP) is 2.13. The number of benzene rings is 1. The van der Waals surface area contributed by atoms with Gasteiger partial charge in [-0.15, -0.1) is 0 Å². The minimum Gasteiger partial charge on any atom is -0.329 e. The second kappa shape index (κ2) is 7.44. The molecule has 4 rings (SSSR count). The SMILES string of the molecule is O=C1CCCN1c1ccc(F)c(C(=O)N2CCNCC2c2cccnc2)c1. The molecule has 2 saturated heterocycles. The number of rotatable bonds is 3. The Morgan fingerprint density at radius 1 is 1.26 bits per heavy atom. The number of carbonyl (C=O) groups is 2. The summed E-state index contributed by atoms with van der Waals surface area (Å²) in [6.45, 7) is 2.31. The number of hydrogen-bond donors (Lipinski definition) is 1. The van der Waals surface area contributed by atoms with Crippen molar-refractivity contribution in [3.05, 3.63) is 59.7 Å². The van der Waals surface area contributed by atoms with E-state index in [0.717, 1.165) is 12.0 Å². The average molecular weight is 368 g/mol. The van der Waals surface area contributed by atoms with Gasteiger partial charge in [-0.3, -0.25) is 14.6 Å². The maximum Gasteiger partial charge on any atom is 0.257 e. The Morgan fingerprint density at radius 2 is 2.15 bits per heavy atom. The molecule has 7 heteroatoms. The fraction of sp³-hybridized carbons (Fsp3) is 0.350. The molecule has 0 bridgehead atoms. The lowest BCUT2D eigenvalue weighted by molar-refractivity contribution is -0.117. The van der Waals surface area contributed by atoms with Gasteiger partial charge in [0.1, 0.15) is 5.82 Å². The van der Waals surface area contributed by atoms with Crippen molar-refractivity contribution in [1.82, 2.24) is 15.2 Å². The fourth-order valence-electron chi connectivity index (χ4n) is 3.74. The monoisotopic (exact) mass is 368 g/mol. The van der Waals surface area contributed by atoms with E-state index in [0.29, 0.717) is 38.3 Å². The second-order valence-corrected chi connectivity index (χ2v) is 6.82. The molecule has 1 unspecified atom stereocenters. The lowest BCUT2D eigenvalue weighted by atomic mass is 10.0. The summed E-state index contributed by atoms with van der Waals surface area (Å²) < 4.78 is 14.5. The number of amides is 2. The highest BCUT2D eigenvalue weighted by Crippen LogP contribution is 2.28. The summed E-state index contributed by atoms with van der Waals surface area (Å²) in [7, 11) is 0. The van der Waals surface area contributed by atoms with Crippen LogP contribution >= 0.6 is 0 Å². The summed E-state index contributed by atoms with van der Waals surface area (Å²) in [6.07, 6.45) is 4.68. The topological polar surface area (TPSA) is 65.5 Å². The predicted molar refractivity (Wildman–Crippen MR) is 98.9 cm³/mol. The quantitative estimate of drug-likeness (QED) is 0.902. The molecule has 0 spiro atoms. The smallest absolute Gasteiger partial charge is 0.257 e. The molecule has 2 aliphatic heterocycles. The van der Waals surface area contributed by atoms with E-state index in [1.807, 2.05) is 12.1 Å². The number of carbonyl (C=O) groups excluding carboxylic acids is 2. The Morgan fingerprint density at radius 3 is 2.89 bits per heavy atom. The van der Waals surface area contributed by atoms with Crippen LogP contribution in [-0.2, 0) is 4.79 Å². The summed E-state index contributed by atoms with van der Waals surface area (Å²) in [5, 5.41) is 3.28. The van der Waals surface area contributed by atoms with E-state index < -0.39 is 5.82 Å². The van der Waals surface area contributed by atoms with E-state index >= 15 is 0 Å². The lowest BCUT2D eigenvalue weighted by Crippen LogP contribution is -2.49. The summed E-state index contributed by atoms with van der Waals surface area (Å²) in [6, 6.07) is 7.87. The van der Waals surface area contributed by atoms with Crippen LogP contribution in [0.1, 0.15) is 34.8 Å². The van der Waals surface area contributed by atoms with Crippen LogP contribution < -0.4 is 10.2 Å². The van der Waals surface area contributed by atoms with Crippen molar-refractivity contribution in [2.24, 2.45) is 0 Å². The standard InChI is InChI=1S/C20H21FN4O2/c21-17-6-5-15(24-9-2-4-19(24)26)11-16(17)20(27)25-10-8-23-13-18(25)14-3-1-7-22-12-14/h1,3,5-7,11-12,18,23H,2,4,8-10,13H2. The largest absolute Gasteiger partial charge is 0.329 e. The van der Waals surface area contributed by atoms with Gasteiger partial charge in [-0.25, -0.2) is 4.39 Å². The molecular formula is C20H21FN4O2. The Kier molecular flexibility index (Phi) is 4.85. The highest BCUT2D eigenvalue weighted by atomic mass is 19.1. The molecule has 0 saturated carbocycles. The van der Waals surface area contributed by atoms with Gasteiger partial charge in [0.05, 0.1) is 11.6 Å². The van der Waals surface area contributed by atoms with Crippen molar-refractivity contribution in [2.75, 3.05) is 31.1 Å². The summed E-state index contributed by atoms with van der Waals surface area (Å²) >= 11 is 0. The minimum atomic E-state index is -0.570. The van der Waals surface area contributed by atoms with Gasteiger partial charge < -0.3 is 15.1 Å². The van der Waals surface area contributed by atoms with Crippen molar-refractivity contribution >= 4 is 17.5 Å². The Labute approximate surface area is 157 Å². The first-order chi connectivity index (χ1) is 13.1. The zero-order chi connectivity index (χ0) is 18.8. The molecule has 2 fully saturated rings. The van der Waals surface area contributed by atoms with Crippen molar-refractivity contribution in [3.63, 3.8) is 0 Å². The van der Waals surface area contributed by atoms with Crippen molar-refractivity contribution < 1.29 is 14.0 Å². The highest BCUT2D eigenvalue weighted by Gasteiger charge is 2.31. The van der Waals surface area contributed by atoms with Crippen LogP contribution in [0.25, 0.3) is 0 Å². The Balaban J connectivity index is 1.65. The second-order valence-electron chi connectivity index (χ2n) is 6.82. The molecule has 0 radical (unpaired) electrons.